The third kappa shape index (κ3) is 13.9. The summed E-state index contributed by atoms with van der Waals surface area (Å²) in [6.07, 6.45) is -8.80. The molecule has 0 spiro atoms. The first-order valence-electron chi connectivity index (χ1n) is 15.5. The van der Waals surface area contributed by atoms with Gasteiger partial charge in [0.15, 0.2) is 9.84 Å². The maximum absolute atomic E-state index is 13.5. The fourth-order valence-electron chi connectivity index (χ4n) is 5.58. The lowest BCUT2D eigenvalue weighted by Gasteiger charge is -2.43. The number of amides is 1. The average molecular weight is 768 g/mol. The van der Waals surface area contributed by atoms with E-state index in [0.717, 1.165) is 41.7 Å². The highest BCUT2D eigenvalue weighted by atomic mass is 32.2. The molecule has 1 saturated heterocycles. The van der Waals surface area contributed by atoms with Crippen LogP contribution in [0.3, 0.4) is 0 Å². The van der Waals surface area contributed by atoms with E-state index >= 15 is 0 Å². The summed E-state index contributed by atoms with van der Waals surface area (Å²) in [5.41, 5.74) is 3.75. The van der Waals surface area contributed by atoms with Crippen LogP contribution in [0.5, 0.6) is 5.75 Å². The number of aliphatic carboxylic acids is 2. The average Bonchev–Trinajstić information content (AvgIpc) is 3.03. The zero-order valence-corrected chi connectivity index (χ0v) is 29.1. The Labute approximate surface area is 295 Å². The smallest absolute Gasteiger partial charge is 0.489 e. The second-order valence-electron chi connectivity index (χ2n) is 12.5. The molecule has 4 N–H and O–H groups in total. The van der Waals surface area contributed by atoms with E-state index in [1.165, 1.54) is 0 Å². The normalized spacial score (nSPS) is 16.6. The minimum Gasteiger partial charge on any atom is -0.489 e. The molecule has 0 saturated carbocycles. The number of piperidine rings is 1. The van der Waals surface area contributed by atoms with Gasteiger partial charge in [0, 0.05) is 41.6 Å². The van der Waals surface area contributed by atoms with Gasteiger partial charge < -0.3 is 19.8 Å². The number of alkyl halides is 6. The van der Waals surface area contributed by atoms with Crippen molar-refractivity contribution in [2.75, 3.05) is 25.4 Å². The van der Waals surface area contributed by atoms with Crippen LogP contribution in [0.2, 0.25) is 0 Å². The number of rotatable bonds is 10. The predicted octanol–water partition coefficient (Wildman–Crippen LogP) is 5.80. The zero-order valence-electron chi connectivity index (χ0n) is 28.3. The van der Waals surface area contributed by atoms with E-state index in [-0.39, 0.29) is 17.1 Å². The highest BCUT2D eigenvalue weighted by Crippen LogP contribution is 2.37. The van der Waals surface area contributed by atoms with Gasteiger partial charge in [0.2, 0.25) is 5.91 Å². The van der Waals surface area contributed by atoms with Crippen LogP contribution in [0.4, 0.5) is 26.3 Å². The number of sulfone groups is 1. The summed E-state index contributed by atoms with van der Waals surface area (Å²) in [6, 6.07) is 16.4. The van der Waals surface area contributed by atoms with Crippen LogP contribution in [0.25, 0.3) is 10.9 Å². The summed E-state index contributed by atoms with van der Waals surface area (Å²) in [5.74, 6) is -5.24. The maximum atomic E-state index is 13.5. The summed E-state index contributed by atoms with van der Waals surface area (Å²) in [5, 5.41) is 24.4. The minimum absolute atomic E-state index is 0.0438. The molecule has 12 nitrogen and oxygen atoms in total. The number of halogens is 6. The molecule has 0 radical (unpaired) electrons. The van der Waals surface area contributed by atoms with Crippen LogP contribution in [-0.2, 0) is 30.8 Å². The second-order valence-corrected chi connectivity index (χ2v) is 14.5. The topological polar surface area (TPSA) is 183 Å². The number of hydroxylamine groups is 1. The Bertz CT molecular complexity index is 1760. The number of aromatic nitrogens is 1. The molecule has 0 bridgehead atoms. The van der Waals surface area contributed by atoms with Gasteiger partial charge in [-0.25, -0.2) is 23.5 Å². The van der Waals surface area contributed by atoms with Gasteiger partial charge in [-0.15, -0.1) is 0 Å². The lowest BCUT2D eigenvalue weighted by atomic mass is 9.78. The minimum atomic E-state index is -5.08. The molecular formula is C33H39F6N3O9S. The molecule has 1 unspecified atom stereocenters. The Hall–Kier alpha value is -4.49. The molecule has 1 aliphatic heterocycles. The summed E-state index contributed by atoms with van der Waals surface area (Å²) in [4.78, 5) is 37.0. The summed E-state index contributed by atoms with van der Waals surface area (Å²) in [6.45, 7) is 8.73. The van der Waals surface area contributed by atoms with E-state index in [2.05, 4.69) is 23.7 Å². The van der Waals surface area contributed by atoms with Gasteiger partial charge in [0.1, 0.15) is 12.4 Å². The highest BCUT2D eigenvalue weighted by molar-refractivity contribution is 7.91. The number of para-hydroxylation sites is 1. The first-order valence-corrected chi connectivity index (χ1v) is 17.2. The standard InChI is InChI=1S/C29H37N3O5S.2C2HF3O2/c1-21(2)17-32-14-6-13-29(19-32,16-28(33)31-34)20-38(35,36)25-11-9-24(10-12-25)37-18-23-15-22(3)30-27-8-5-4-7-26(23)27;2*3-2(4,5)1(6)7/h4-5,7-12,15,21,34H,6,13-14,16-20H2,1-3H3,(H,31,33);2*(H,6,7). The van der Waals surface area contributed by atoms with Gasteiger partial charge in [-0.1, -0.05) is 32.0 Å². The van der Waals surface area contributed by atoms with Crippen LogP contribution in [0.1, 0.15) is 44.4 Å². The molecule has 2 aromatic carbocycles. The van der Waals surface area contributed by atoms with Crippen molar-refractivity contribution in [3.63, 3.8) is 0 Å². The van der Waals surface area contributed by atoms with Crippen molar-refractivity contribution >= 4 is 38.6 Å². The van der Waals surface area contributed by atoms with Crippen LogP contribution >= 0.6 is 0 Å². The summed E-state index contributed by atoms with van der Waals surface area (Å²) >= 11 is 0. The molecule has 1 amide bonds. The number of nitrogens with zero attached hydrogens (tertiary/aromatic N) is 2. The Morgan fingerprint density at radius 3 is 2.06 bits per heavy atom. The van der Waals surface area contributed by atoms with Crippen LogP contribution in [-0.4, -0.2) is 89.3 Å². The molecule has 4 rings (SSSR count). The number of carbonyl (C=O) groups excluding carboxylic acids is 1. The third-order valence-electron chi connectivity index (χ3n) is 7.51. The SMILES string of the molecule is Cc1cc(COc2ccc(S(=O)(=O)CC3(CC(=O)NO)CCCN(CC(C)C)C3)cc2)c2ccccc2n1.O=C(O)C(F)(F)F.O=C(O)C(F)(F)F. The van der Waals surface area contributed by atoms with Crippen molar-refractivity contribution in [1.29, 1.82) is 0 Å². The maximum Gasteiger partial charge on any atom is 0.490 e. The Balaban J connectivity index is 0.000000564. The molecule has 0 aliphatic carbocycles. The van der Waals surface area contributed by atoms with Crippen LogP contribution in [0.15, 0.2) is 59.5 Å². The monoisotopic (exact) mass is 767 g/mol. The van der Waals surface area contributed by atoms with Crippen molar-refractivity contribution in [1.82, 2.24) is 15.4 Å². The highest BCUT2D eigenvalue weighted by Gasteiger charge is 2.42. The van der Waals surface area contributed by atoms with Gasteiger partial charge >= 0.3 is 24.3 Å². The third-order valence-corrected chi connectivity index (χ3v) is 9.50. The van der Waals surface area contributed by atoms with E-state index in [9.17, 15) is 39.6 Å². The van der Waals surface area contributed by atoms with Gasteiger partial charge in [-0.3, -0.25) is 15.0 Å². The fourth-order valence-corrected chi connectivity index (χ4v) is 7.44. The van der Waals surface area contributed by atoms with Gasteiger partial charge in [-0.05, 0) is 68.6 Å². The van der Waals surface area contributed by atoms with E-state index in [1.54, 1.807) is 29.7 Å². The number of carboxylic acid groups (broad SMARTS) is 2. The van der Waals surface area contributed by atoms with E-state index in [0.29, 0.717) is 31.2 Å². The first-order chi connectivity index (χ1) is 24.0. The summed E-state index contributed by atoms with van der Waals surface area (Å²) in [7, 11) is -3.69. The first kappa shape index (κ1) is 43.7. The van der Waals surface area contributed by atoms with Gasteiger partial charge in [0.05, 0.1) is 16.2 Å². The molecule has 1 atom stereocenters. The van der Waals surface area contributed by atoms with Crippen molar-refractivity contribution < 1.29 is 69.3 Å². The van der Waals surface area contributed by atoms with Crippen molar-refractivity contribution in [2.45, 2.75) is 63.9 Å². The quantitative estimate of drug-likeness (QED) is 0.111. The van der Waals surface area contributed by atoms with Gasteiger partial charge in [-0.2, -0.15) is 26.3 Å². The zero-order chi connectivity index (χ0) is 39.5. The van der Waals surface area contributed by atoms with Crippen molar-refractivity contribution in [3.8, 4) is 5.75 Å². The van der Waals surface area contributed by atoms with Gasteiger partial charge in [0.25, 0.3) is 0 Å². The summed E-state index contributed by atoms with van der Waals surface area (Å²) < 4.78 is 96.5. The number of nitrogens with one attached hydrogen (secondary N) is 1. The molecule has 19 heteroatoms. The number of hydrogen-bond acceptors (Lipinski definition) is 9. The number of likely N-dealkylation sites (tertiary alicyclic amines) is 1. The lowest BCUT2D eigenvalue weighted by Crippen LogP contribution is -2.49. The molecule has 288 valence electrons. The molecule has 3 aromatic rings. The Kier molecular flexibility index (Phi) is 15.4. The molecule has 2 heterocycles. The van der Waals surface area contributed by atoms with E-state index in [4.69, 9.17) is 29.7 Å². The number of benzene rings is 2. The Morgan fingerprint density at radius 2 is 1.54 bits per heavy atom. The Morgan fingerprint density at radius 1 is 0.981 bits per heavy atom. The predicted molar refractivity (Wildman–Crippen MR) is 174 cm³/mol. The van der Waals surface area contributed by atoms with E-state index < -0.39 is 45.5 Å². The number of pyridine rings is 1. The number of hydrogen-bond donors (Lipinski definition) is 4. The number of carbonyl (C=O) groups is 3. The van der Waals surface area contributed by atoms with Crippen molar-refractivity contribution in [3.05, 3.63) is 65.9 Å². The number of fused-ring (bicyclic) bond motifs is 1. The number of aryl methyl sites for hydroxylation is 1. The molecular weight excluding hydrogens is 728 g/mol. The molecule has 1 fully saturated rings. The fraction of sp³-hybridized carbons (Fsp3) is 0.455. The molecule has 1 aromatic heterocycles. The van der Waals surface area contributed by atoms with Crippen LogP contribution < -0.4 is 10.2 Å². The van der Waals surface area contributed by atoms with Crippen LogP contribution in [0, 0.1) is 18.3 Å². The number of ether oxygens (including phenoxy) is 1. The largest absolute Gasteiger partial charge is 0.490 e. The number of carboxylic acids is 2. The molecule has 1 aliphatic rings. The van der Waals surface area contributed by atoms with Crippen molar-refractivity contribution in [2.24, 2.45) is 11.3 Å². The lowest BCUT2D eigenvalue weighted by molar-refractivity contribution is -0.193. The van der Waals surface area contributed by atoms with E-state index in [1.807, 2.05) is 37.3 Å². The molecule has 52 heavy (non-hydrogen) atoms. The second kappa shape index (κ2) is 18.3.